The largest absolute Gasteiger partial charge is 0.497 e. The number of ether oxygens (including phenoxy) is 4. The minimum absolute atomic E-state index is 0.0418. The highest BCUT2D eigenvalue weighted by atomic mass is 16.7. The number of rotatable bonds is 7. The van der Waals surface area contributed by atoms with Crippen molar-refractivity contribution in [3.05, 3.63) is 65.7 Å². The standard InChI is InChI=1S/C26H26N2O6/c1-31-18-5-2-16(3-6-18)9-11-27-24(29)22-20-8-10-26(34-20)14-28(25(30)23(22)26)13-17-4-7-19-21(12-17)33-15-32-19/h2-8,10,12,20,22-23H,9,11,13-15H2,1H3,(H,27,29)/t20-,22?,23+,26-/m0/s1. The van der Waals surface area contributed by atoms with E-state index in [4.69, 9.17) is 18.9 Å². The SMILES string of the molecule is COc1ccc(CCNC(=O)C2[C@@H]3C=C[C@@]4(CN(Cc5ccc6c(c5)OCO6)C(=O)[C@@H]24)O3)cc1. The molecule has 2 fully saturated rings. The van der Waals surface area contributed by atoms with Gasteiger partial charge in [-0.05, 0) is 41.8 Å². The van der Waals surface area contributed by atoms with Gasteiger partial charge in [0.05, 0.1) is 31.6 Å². The van der Waals surface area contributed by atoms with E-state index in [1.165, 1.54) is 0 Å². The molecule has 1 unspecified atom stereocenters. The number of hydrogen-bond acceptors (Lipinski definition) is 6. The van der Waals surface area contributed by atoms with Crippen molar-refractivity contribution in [3.63, 3.8) is 0 Å². The third-order valence-corrected chi connectivity index (χ3v) is 7.16. The van der Waals surface area contributed by atoms with Gasteiger partial charge in [0, 0.05) is 13.1 Å². The Balaban J connectivity index is 1.12. The predicted molar refractivity (Wildman–Crippen MR) is 121 cm³/mol. The first-order chi connectivity index (χ1) is 16.6. The zero-order chi connectivity index (χ0) is 23.3. The highest BCUT2D eigenvalue weighted by molar-refractivity contribution is 5.93. The van der Waals surface area contributed by atoms with E-state index < -0.39 is 17.4 Å². The van der Waals surface area contributed by atoms with Gasteiger partial charge in [0.15, 0.2) is 11.5 Å². The average molecular weight is 463 g/mol. The number of benzene rings is 2. The summed E-state index contributed by atoms with van der Waals surface area (Å²) in [5.41, 5.74) is 1.33. The molecule has 2 saturated heterocycles. The topological polar surface area (TPSA) is 86.3 Å². The molecule has 176 valence electrons. The monoisotopic (exact) mass is 462 g/mol. The lowest BCUT2D eigenvalue weighted by molar-refractivity contribution is -0.137. The molecule has 0 aliphatic carbocycles. The maximum Gasteiger partial charge on any atom is 0.231 e. The molecule has 2 aromatic carbocycles. The summed E-state index contributed by atoms with van der Waals surface area (Å²) in [7, 11) is 1.63. The van der Waals surface area contributed by atoms with Gasteiger partial charge in [-0.25, -0.2) is 0 Å². The van der Waals surface area contributed by atoms with Gasteiger partial charge >= 0.3 is 0 Å². The lowest BCUT2D eigenvalue weighted by atomic mass is 9.77. The van der Waals surface area contributed by atoms with Crippen LogP contribution in [0.2, 0.25) is 0 Å². The Hall–Kier alpha value is -3.52. The van der Waals surface area contributed by atoms with Crippen molar-refractivity contribution >= 4 is 11.8 Å². The molecule has 4 aliphatic rings. The summed E-state index contributed by atoms with van der Waals surface area (Å²) in [6.45, 7) is 1.57. The third-order valence-electron chi connectivity index (χ3n) is 7.16. The molecule has 8 heteroatoms. The molecule has 1 N–H and O–H groups in total. The summed E-state index contributed by atoms with van der Waals surface area (Å²) >= 11 is 0. The van der Waals surface area contributed by atoms with Crippen LogP contribution >= 0.6 is 0 Å². The second kappa shape index (κ2) is 8.06. The number of nitrogens with one attached hydrogen (secondary N) is 1. The minimum atomic E-state index is -0.726. The molecular formula is C26H26N2O6. The van der Waals surface area contributed by atoms with Crippen LogP contribution in [0.4, 0.5) is 0 Å². The van der Waals surface area contributed by atoms with Crippen LogP contribution in [0.1, 0.15) is 11.1 Å². The Labute approximate surface area is 197 Å². The second-order valence-electron chi connectivity index (χ2n) is 9.17. The van der Waals surface area contributed by atoms with Crippen molar-refractivity contribution in [2.75, 3.05) is 27.0 Å². The van der Waals surface area contributed by atoms with Gasteiger partial charge < -0.3 is 29.2 Å². The van der Waals surface area contributed by atoms with E-state index in [9.17, 15) is 9.59 Å². The maximum absolute atomic E-state index is 13.4. The first kappa shape index (κ1) is 21.0. The fraction of sp³-hybridized carbons (Fsp3) is 0.385. The normalized spacial score (nSPS) is 27.9. The number of hydrogen-bond donors (Lipinski definition) is 1. The lowest BCUT2D eigenvalue weighted by Gasteiger charge is -2.23. The fourth-order valence-corrected chi connectivity index (χ4v) is 5.51. The molecule has 4 atom stereocenters. The Morgan fingerprint density at radius 2 is 1.94 bits per heavy atom. The predicted octanol–water partition coefficient (Wildman–Crippen LogP) is 2.06. The Bertz CT molecular complexity index is 1160. The zero-order valence-electron chi connectivity index (χ0n) is 18.9. The van der Waals surface area contributed by atoms with Gasteiger partial charge in [-0.15, -0.1) is 0 Å². The lowest BCUT2D eigenvalue weighted by Crippen LogP contribution is -2.44. The zero-order valence-corrected chi connectivity index (χ0v) is 18.9. The number of nitrogens with zero attached hydrogens (tertiary/aromatic N) is 1. The van der Waals surface area contributed by atoms with Gasteiger partial charge in [0.1, 0.15) is 11.4 Å². The fourth-order valence-electron chi connectivity index (χ4n) is 5.51. The van der Waals surface area contributed by atoms with Crippen molar-refractivity contribution in [2.45, 2.75) is 24.7 Å². The molecule has 0 saturated carbocycles. The van der Waals surface area contributed by atoms with Crippen LogP contribution in [0, 0.1) is 11.8 Å². The first-order valence-electron chi connectivity index (χ1n) is 11.5. The van der Waals surface area contributed by atoms with Gasteiger partial charge in [-0.2, -0.15) is 0 Å². The van der Waals surface area contributed by atoms with Crippen LogP contribution in [0.25, 0.3) is 0 Å². The first-order valence-corrected chi connectivity index (χ1v) is 11.5. The van der Waals surface area contributed by atoms with Gasteiger partial charge in [-0.3, -0.25) is 9.59 Å². The Morgan fingerprint density at radius 3 is 2.76 bits per heavy atom. The highest BCUT2D eigenvalue weighted by Gasteiger charge is 2.66. The Kier molecular flexibility index (Phi) is 4.99. The summed E-state index contributed by atoms with van der Waals surface area (Å²) in [6.07, 6.45) is 4.24. The molecule has 0 radical (unpaired) electrons. The molecule has 0 aromatic heterocycles. The van der Waals surface area contributed by atoms with Crippen molar-refractivity contribution in [2.24, 2.45) is 11.8 Å². The van der Waals surface area contributed by atoms with Gasteiger partial charge in [-0.1, -0.05) is 30.4 Å². The number of likely N-dealkylation sites (tertiary alicyclic amines) is 1. The Morgan fingerprint density at radius 1 is 1.15 bits per heavy atom. The molecule has 4 heterocycles. The molecule has 1 spiro atoms. The van der Waals surface area contributed by atoms with E-state index in [1.54, 1.807) is 12.0 Å². The smallest absolute Gasteiger partial charge is 0.231 e. The van der Waals surface area contributed by atoms with E-state index in [1.807, 2.05) is 54.6 Å². The van der Waals surface area contributed by atoms with E-state index in [0.717, 1.165) is 16.9 Å². The van der Waals surface area contributed by atoms with Crippen molar-refractivity contribution < 1.29 is 28.5 Å². The summed E-state index contributed by atoms with van der Waals surface area (Å²) in [6, 6.07) is 13.5. The molecule has 4 aliphatic heterocycles. The molecule has 2 amide bonds. The van der Waals surface area contributed by atoms with Crippen LogP contribution in [0.15, 0.2) is 54.6 Å². The van der Waals surface area contributed by atoms with Crippen molar-refractivity contribution in [1.29, 1.82) is 0 Å². The average Bonchev–Trinajstić information content (AvgIpc) is 3.61. The maximum atomic E-state index is 13.4. The van der Waals surface area contributed by atoms with Crippen LogP contribution < -0.4 is 19.5 Å². The van der Waals surface area contributed by atoms with Crippen LogP contribution in [-0.4, -0.2) is 55.4 Å². The minimum Gasteiger partial charge on any atom is -0.497 e. The van der Waals surface area contributed by atoms with E-state index in [0.29, 0.717) is 37.6 Å². The second-order valence-corrected chi connectivity index (χ2v) is 9.17. The summed E-state index contributed by atoms with van der Waals surface area (Å²) in [5, 5.41) is 3.02. The highest BCUT2D eigenvalue weighted by Crippen LogP contribution is 2.52. The van der Waals surface area contributed by atoms with Gasteiger partial charge in [0.2, 0.25) is 18.6 Å². The summed E-state index contributed by atoms with van der Waals surface area (Å²) in [4.78, 5) is 28.4. The van der Waals surface area contributed by atoms with Crippen LogP contribution in [0.5, 0.6) is 17.2 Å². The molecule has 2 bridgehead atoms. The van der Waals surface area contributed by atoms with Crippen molar-refractivity contribution in [1.82, 2.24) is 10.2 Å². The quantitative estimate of drug-likeness (QED) is 0.634. The van der Waals surface area contributed by atoms with E-state index in [-0.39, 0.29) is 24.7 Å². The van der Waals surface area contributed by atoms with E-state index in [2.05, 4.69) is 5.32 Å². The molecule has 2 aromatic rings. The molecular weight excluding hydrogens is 436 g/mol. The number of carbonyl (C=O) groups is 2. The third kappa shape index (κ3) is 3.40. The molecule has 8 nitrogen and oxygen atoms in total. The van der Waals surface area contributed by atoms with Crippen molar-refractivity contribution in [3.8, 4) is 17.2 Å². The summed E-state index contributed by atoms with van der Waals surface area (Å²) < 4.78 is 22.2. The summed E-state index contributed by atoms with van der Waals surface area (Å²) in [5.74, 6) is 1.01. The van der Waals surface area contributed by atoms with E-state index >= 15 is 0 Å². The van der Waals surface area contributed by atoms with Crippen LogP contribution in [-0.2, 0) is 27.3 Å². The number of fused-ring (bicyclic) bond motifs is 2. The van der Waals surface area contributed by atoms with Crippen LogP contribution in [0.3, 0.4) is 0 Å². The molecule has 6 rings (SSSR count). The number of amides is 2. The molecule has 34 heavy (non-hydrogen) atoms. The van der Waals surface area contributed by atoms with Gasteiger partial charge in [0.25, 0.3) is 0 Å². The number of carbonyl (C=O) groups excluding carboxylic acids is 2. The number of methoxy groups -OCH3 is 1.